The molecule has 7 heteroatoms. The molecule has 0 fully saturated rings. The topological polar surface area (TPSA) is 81.9 Å². The molecule has 1 heterocycles. The van der Waals surface area contributed by atoms with E-state index in [-0.39, 0.29) is 24.0 Å². The van der Waals surface area contributed by atoms with Gasteiger partial charge in [-0.05, 0) is 23.3 Å². The molecule has 0 saturated carbocycles. The maximum absolute atomic E-state index is 13.0. The van der Waals surface area contributed by atoms with Gasteiger partial charge in [-0.15, -0.1) is 0 Å². The average molecular weight is 394 g/mol. The van der Waals surface area contributed by atoms with Gasteiger partial charge >= 0.3 is 5.97 Å². The molecule has 3 rings (SSSR count). The number of nitrogens with zero attached hydrogens (tertiary/aromatic N) is 2. The van der Waals surface area contributed by atoms with Crippen LogP contribution in [0.5, 0.6) is 0 Å². The summed E-state index contributed by atoms with van der Waals surface area (Å²) in [6.07, 6.45) is 1.22. The Hall–Kier alpha value is -3.45. The summed E-state index contributed by atoms with van der Waals surface area (Å²) in [5.41, 5.74) is 2.72. The molecule has 2 aromatic carbocycles. The monoisotopic (exact) mass is 394 g/mol. The maximum atomic E-state index is 13.0. The lowest BCUT2D eigenvalue weighted by atomic mass is 10.0. The average Bonchev–Trinajstić information content (AvgIpc) is 3.25. The van der Waals surface area contributed by atoms with Crippen LogP contribution < -0.4 is 0 Å². The van der Waals surface area contributed by atoms with E-state index in [1.807, 2.05) is 42.5 Å². The first kappa shape index (κ1) is 20.3. The van der Waals surface area contributed by atoms with Gasteiger partial charge < -0.3 is 18.8 Å². The van der Waals surface area contributed by atoms with Crippen LogP contribution in [-0.4, -0.2) is 49.1 Å². The van der Waals surface area contributed by atoms with Gasteiger partial charge in [-0.2, -0.15) is 0 Å². The zero-order chi connectivity index (χ0) is 20.6. The third kappa shape index (κ3) is 5.08. The molecule has 0 bridgehead atoms. The highest BCUT2D eigenvalue weighted by Crippen LogP contribution is 2.20. The second-order valence-corrected chi connectivity index (χ2v) is 6.28. The van der Waals surface area contributed by atoms with Crippen molar-refractivity contribution in [2.75, 3.05) is 27.4 Å². The zero-order valence-electron chi connectivity index (χ0n) is 16.3. The lowest BCUT2D eigenvalue weighted by Gasteiger charge is -2.21. The van der Waals surface area contributed by atoms with Crippen LogP contribution in [0, 0.1) is 0 Å². The molecule has 1 aromatic heterocycles. The van der Waals surface area contributed by atoms with Crippen molar-refractivity contribution < 1.29 is 23.5 Å². The van der Waals surface area contributed by atoms with Gasteiger partial charge in [0.2, 0.25) is 5.89 Å². The predicted octanol–water partition coefficient (Wildman–Crippen LogP) is 3.42. The van der Waals surface area contributed by atoms with Crippen molar-refractivity contribution in [1.82, 2.24) is 9.88 Å². The number of hydrogen-bond donors (Lipinski definition) is 0. The highest BCUT2D eigenvalue weighted by atomic mass is 16.5. The molecule has 0 atom stereocenters. The van der Waals surface area contributed by atoms with Gasteiger partial charge in [-0.3, -0.25) is 4.79 Å². The number of methoxy groups -OCH3 is 2. The largest absolute Gasteiger partial charge is 0.464 e. The number of esters is 1. The fraction of sp³-hybridized carbons (Fsp3) is 0.227. The Labute approximate surface area is 168 Å². The van der Waals surface area contributed by atoms with E-state index in [9.17, 15) is 9.59 Å². The number of aromatic nitrogens is 1. The number of carbonyl (C=O) groups excluding carboxylic acids is 2. The van der Waals surface area contributed by atoms with Gasteiger partial charge in [0.05, 0.1) is 20.3 Å². The van der Waals surface area contributed by atoms with E-state index in [0.29, 0.717) is 18.7 Å². The van der Waals surface area contributed by atoms with Crippen molar-refractivity contribution in [3.05, 3.63) is 78.0 Å². The zero-order valence-corrected chi connectivity index (χ0v) is 16.3. The molecule has 3 aromatic rings. The lowest BCUT2D eigenvalue weighted by molar-refractivity contribution is 0.0594. The van der Waals surface area contributed by atoms with Crippen molar-refractivity contribution in [3.8, 4) is 11.1 Å². The molecule has 0 aliphatic heterocycles. The summed E-state index contributed by atoms with van der Waals surface area (Å²) in [4.78, 5) is 30.2. The predicted molar refractivity (Wildman–Crippen MR) is 106 cm³/mol. The molecular weight excluding hydrogens is 372 g/mol. The van der Waals surface area contributed by atoms with Crippen molar-refractivity contribution in [2.45, 2.75) is 6.54 Å². The van der Waals surface area contributed by atoms with Crippen LogP contribution in [0.4, 0.5) is 0 Å². The summed E-state index contributed by atoms with van der Waals surface area (Å²) < 4.78 is 15.1. The minimum atomic E-state index is -0.591. The number of carbonyl (C=O) groups is 2. The first-order chi connectivity index (χ1) is 14.1. The minimum absolute atomic E-state index is 0.0638. The molecule has 0 N–H and O–H groups in total. The van der Waals surface area contributed by atoms with Crippen molar-refractivity contribution in [1.29, 1.82) is 0 Å². The Bertz CT molecular complexity index is 951. The quantitative estimate of drug-likeness (QED) is 0.545. The third-order valence-corrected chi connectivity index (χ3v) is 4.36. The second-order valence-electron chi connectivity index (χ2n) is 6.28. The van der Waals surface area contributed by atoms with Crippen LogP contribution in [-0.2, 0) is 16.0 Å². The van der Waals surface area contributed by atoms with Gasteiger partial charge in [-0.25, -0.2) is 9.78 Å². The number of oxazole rings is 1. The third-order valence-electron chi connectivity index (χ3n) is 4.36. The van der Waals surface area contributed by atoms with Crippen molar-refractivity contribution in [3.63, 3.8) is 0 Å². The maximum Gasteiger partial charge on any atom is 0.360 e. The van der Waals surface area contributed by atoms with Crippen molar-refractivity contribution >= 4 is 11.9 Å². The Morgan fingerprint density at radius 1 is 1.00 bits per heavy atom. The van der Waals surface area contributed by atoms with Gasteiger partial charge in [0.25, 0.3) is 5.91 Å². The number of rotatable bonds is 8. The van der Waals surface area contributed by atoms with E-state index in [2.05, 4.69) is 9.72 Å². The van der Waals surface area contributed by atoms with E-state index in [0.717, 1.165) is 11.1 Å². The number of amides is 1. The standard InChI is InChI=1S/C22H22N2O5/c1-27-13-12-24(14-20-23-19(15-29-20)22(26)28-2)21(25)18-10-8-17(9-11-18)16-6-4-3-5-7-16/h3-11,15H,12-14H2,1-2H3. The molecule has 150 valence electrons. The Morgan fingerprint density at radius 3 is 2.34 bits per heavy atom. The Morgan fingerprint density at radius 2 is 1.69 bits per heavy atom. The first-order valence-corrected chi connectivity index (χ1v) is 9.08. The lowest BCUT2D eigenvalue weighted by Crippen LogP contribution is -2.33. The van der Waals surface area contributed by atoms with Gasteiger partial charge in [0.15, 0.2) is 5.69 Å². The highest BCUT2D eigenvalue weighted by molar-refractivity contribution is 5.94. The molecule has 0 aliphatic carbocycles. The Kier molecular flexibility index (Phi) is 6.76. The fourth-order valence-electron chi connectivity index (χ4n) is 2.82. The fourth-order valence-corrected chi connectivity index (χ4v) is 2.82. The molecule has 0 saturated heterocycles. The van der Waals surface area contributed by atoms with E-state index in [1.54, 1.807) is 24.1 Å². The molecule has 0 spiro atoms. The van der Waals surface area contributed by atoms with Crippen LogP contribution in [0.3, 0.4) is 0 Å². The summed E-state index contributed by atoms with van der Waals surface area (Å²) >= 11 is 0. The van der Waals surface area contributed by atoms with E-state index in [4.69, 9.17) is 9.15 Å². The number of ether oxygens (including phenoxy) is 2. The van der Waals surface area contributed by atoms with E-state index < -0.39 is 5.97 Å². The molecule has 29 heavy (non-hydrogen) atoms. The van der Waals surface area contributed by atoms with Crippen LogP contribution in [0.15, 0.2) is 65.3 Å². The minimum Gasteiger partial charge on any atom is -0.464 e. The normalized spacial score (nSPS) is 10.6. The van der Waals surface area contributed by atoms with E-state index in [1.165, 1.54) is 13.4 Å². The highest BCUT2D eigenvalue weighted by Gasteiger charge is 2.20. The number of benzene rings is 2. The van der Waals surface area contributed by atoms with Gasteiger partial charge in [0.1, 0.15) is 6.26 Å². The molecule has 0 radical (unpaired) electrons. The van der Waals surface area contributed by atoms with Crippen LogP contribution in [0.25, 0.3) is 11.1 Å². The molecule has 0 aliphatic rings. The smallest absolute Gasteiger partial charge is 0.360 e. The van der Waals surface area contributed by atoms with Crippen LogP contribution in [0.2, 0.25) is 0 Å². The van der Waals surface area contributed by atoms with Gasteiger partial charge in [0, 0.05) is 19.2 Å². The second kappa shape index (κ2) is 9.66. The van der Waals surface area contributed by atoms with Crippen LogP contribution in [0.1, 0.15) is 26.7 Å². The van der Waals surface area contributed by atoms with Crippen molar-refractivity contribution in [2.24, 2.45) is 0 Å². The molecule has 0 unspecified atom stereocenters. The first-order valence-electron chi connectivity index (χ1n) is 9.08. The van der Waals surface area contributed by atoms with E-state index >= 15 is 0 Å². The Balaban J connectivity index is 1.76. The summed E-state index contributed by atoms with van der Waals surface area (Å²) in [7, 11) is 2.84. The molecular formula is C22H22N2O5. The number of hydrogen-bond acceptors (Lipinski definition) is 6. The summed E-state index contributed by atoms with van der Waals surface area (Å²) in [5.74, 6) is -0.526. The summed E-state index contributed by atoms with van der Waals surface area (Å²) in [6.45, 7) is 0.823. The molecule has 7 nitrogen and oxygen atoms in total. The van der Waals surface area contributed by atoms with Gasteiger partial charge in [-0.1, -0.05) is 42.5 Å². The summed E-state index contributed by atoms with van der Waals surface area (Å²) in [5, 5.41) is 0. The summed E-state index contributed by atoms with van der Waals surface area (Å²) in [6, 6.07) is 17.4. The molecule has 1 amide bonds. The SMILES string of the molecule is COCCN(Cc1nc(C(=O)OC)co1)C(=O)c1ccc(-c2ccccc2)cc1. The van der Waals surface area contributed by atoms with Crippen LogP contribution >= 0.6 is 0 Å².